The topological polar surface area (TPSA) is 94.5 Å². The van der Waals surface area contributed by atoms with Crippen molar-refractivity contribution in [1.29, 1.82) is 0 Å². The van der Waals surface area contributed by atoms with E-state index in [-0.39, 0.29) is 18.8 Å². The number of ether oxygens (including phenoxy) is 3. The third kappa shape index (κ3) is 22.5. The lowest BCUT2D eigenvalue weighted by Gasteiger charge is -2.20. The Kier molecular flexibility index (Phi) is 18.7. The molecular formula is C21H45O7P. The molecule has 0 aromatic rings. The minimum Gasteiger partial charge on any atom is -0.376 e. The Balaban J connectivity index is 3.48. The summed E-state index contributed by atoms with van der Waals surface area (Å²) >= 11 is 0. The molecule has 0 saturated heterocycles. The summed E-state index contributed by atoms with van der Waals surface area (Å²) in [5.74, 6) is 0. The summed E-state index contributed by atoms with van der Waals surface area (Å²) in [6, 6.07) is 0. The summed E-state index contributed by atoms with van der Waals surface area (Å²) in [4.78, 5) is 17.3. The van der Waals surface area contributed by atoms with Gasteiger partial charge in [-0.1, -0.05) is 64.7 Å². The average molecular weight is 441 g/mol. The van der Waals surface area contributed by atoms with E-state index in [2.05, 4.69) is 11.4 Å². The first-order chi connectivity index (χ1) is 13.7. The third-order valence-corrected chi connectivity index (χ3v) is 5.09. The second-order valence-corrected chi connectivity index (χ2v) is 9.18. The Bertz CT molecular complexity index is 402. The van der Waals surface area contributed by atoms with Crippen molar-refractivity contribution in [3.8, 4) is 0 Å². The van der Waals surface area contributed by atoms with Gasteiger partial charge in [-0.3, -0.25) is 4.52 Å². The zero-order chi connectivity index (χ0) is 22.0. The van der Waals surface area contributed by atoms with Gasteiger partial charge in [0.05, 0.1) is 38.1 Å². The zero-order valence-corrected chi connectivity index (χ0v) is 19.9. The van der Waals surface area contributed by atoms with Crippen molar-refractivity contribution in [2.75, 3.05) is 26.4 Å². The standard InChI is InChI=1S/C21H45O7P/c1-5-6-7-8-9-10-11-12-13-14-15-25-19(2)16-26-20(3)17-27-21(4)18-28-29(22,23)24/h19-21H,5-18H2,1-4H3,(H2,22,23,24). The van der Waals surface area contributed by atoms with Gasteiger partial charge in [-0.2, -0.15) is 0 Å². The summed E-state index contributed by atoms with van der Waals surface area (Å²) in [5, 5.41) is 0. The number of hydrogen-bond donors (Lipinski definition) is 2. The Morgan fingerprint density at radius 3 is 1.55 bits per heavy atom. The molecule has 0 amide bonds. The van der Waals surface area contributed by atoms with Gasteiger partial charge in [-0.25, -0.2) is 4.57 Å². The zero-order valence-electron chi connectivity index (χ0n) is 19.0. The van der Waals surface area contributed by atoms with Crippen LogP contribution < -0.4 is 0 Å². The molecule has 0 bridgehead atoms. The second kappa shape index (κ2) is 18.7. The predicted molar refractivity (Wildman–Crippen MR) is 116 cm³/mol. The molecule has 7 nitrogen and oxygen atoms in total. The average Bonchev–Trinajstić information content (AvgIpc) is 2.66. The minimum absolute atomic E-state index is 0.0337. The lowest BCUT2D eigenvalue weighted by Crippen LogP contribution is -2.26. The van der Waals surface area contributed by atoms with Gasteiger partial charge in [0, 0.05) is 6.61 Å². The summed E-state index contributed by atoms with van der Waals surface area (Å²) in [5.41, 5.74) is 0. The highest BCUT2D eigenvalue weighted by atomic mass is 31.2. The Morgan fingerprint density at radius 1 is 0.655 bits per heavy atom. The SMILES string of the molecule is CCCCCCCCCCCCOC(C)COC(C)COC(C)COP(=O)(O)O. The van der Waals surface area contributed by atoms with Crippen LogP contribution in [-0.2, 0) is 23.3 Å². The monoisotopic (exact) mass is 440 g/mol. The molecule has 0 saturated carbocycles. The van der Waals surface area contributed by atoms with E-state index in [9.17, 15) is 4.57 Å². The van der Waals surface area contributed by atoms with E-state index in [1.807, 2.05) is 13.8 Å². The van der Waals surface area contributed by atoms with Crippen LogP contribution in [0.15, 0.2) is 0 Å². The van der Waals surface area contributed by atoms with E-state index in [4.69, 9.17) is 24.0 Å². The van der Waals surface area contributed by atoms with Crippen molar-refractivity contribution < 1.29 is 33.1 Å². The molecule has 0 aliphatic heterocycles. The summed E-state index contributed by atoms with van der Waals surface area (Å²) in [7, 11) is -4.45. The van der Waals surface area contributed by atoms with Gasteiger partial charge in [0.25, 0.3) is 0 Å². The second-order valence-electron chi connectivity index (χ2n) is 7.94. The van der Waals surface area contributed by atoms with Gasteiger partial charge < -0.3 is 24.0 Å². The lowest BCUT2D eigenvalue weighted by atomic mass is 10.1. The molecule has 0 aliphatic carbocycles. The van der Waals surface area contributed by atoms with Crippen LogP contribution in [0.3, 0.4) is 0 Å². The summed E-state index contributed by atoms with van der Waals surface area (Å²) in [6.07, 6.45) is 12.6. The van der Waals surface area contributed by atoms with E-state index >= 15 is 0 Å². The van der Waals surface area contributed by atoms with Crippen LogP contribution in [0.2, 0.25) is 0 Å². The Labute approximate surface area is 178 Å². The molecule has 0 aromatic heterocycles. The molecule has 0 aromatic carbocycles. The maximum absolute atomic E-state index is 10.6. The molecule has 0 aliphatic rings. The number of phosphoric ester groups is 1. The van der Waals surface area contributed by atoms with E-state index in [0.717, 1.165) is 13.0 Å². The van der Waals surface area contributed by atoms with E-state index in [0.29, 0.717) is 13.2 Å². The van der Waals surface area contributed by atoms with Crippen LogP contribution in [0.25, 0.3) is 0 Å². The molecule has 0 radical (unpaired) electrons. The molecule has 176 valence electrons. The van der Waals surface area contributed by atoms with E-state index in [1.165, 1.54) is 57.8 Å². The Hall–Kier alpha value is -0.0100. The van der Waals surface area contributed by atoms with Crippen molar-refractivity contribution in [3.05, 3.63) is 0 Å². The number of rotatable bonds is 21. The van der Waals surface area contributed by atoms with Gasteiger partial charge in [0.1, 0.15) is 0 Å². The fourth-order valence-electron chi connectivity index (χ4n) is 2.82. The summed E-state index contributed by atoms with van der Waals surface area (Å²) < 4.78 is 32.0. The van der Waals surface area contributed by atoms with Crippen molar-refractivity contribution >= 4 is 7.82 Å². The minimum atomic E-state index is -4.45. The van der Waals surface area contributed by atoms with Crippen LogP contribution >= 0.6 is 7.82 Å². The van der Waals surface area contributed by atoms with Crippen molar-refractivity contribution in [1.82, 2.24) is 0 Å². The first-order valence-electron chi connectivity index (χ1n) is 11.3. The fraction of sp³-hybridized carbons (Fsp3) is 1.00. The number of unbranched alkanes of at least 4 members (excludes halogenated alkanes) is 9. The molecule has 0 heterocycles. The van der Waals surface area contributed by atoms with Gasteiger partial charge in [0.2, 0.25) is 0 Å². The lowest BCUT2D eigenvalue weighted by molar-refractivity contribution is -0.0742. The number of phosphoric acid groups is 1. The van der Waals surface area contributed by atoms with Crippen molar-refractivity contribution in [3.63, 3.8) is 0 Å². The highest BCUT2D eigenvalue weighted by Crippen LogP contribution is 2.35. The largest absolute Gasteiger partial charge is 0.469 e. The van der Waals surface area contributed by atoms with E-state index < -0.39 is 13.9 Å². The maximum atomic E-state index is 10.6. The van der Waals surface area contributed by atoms with Crippen LogP contribution in [-0.4, -0.2) is 54.5 Å². The highest BCUT2D eigenvalue weighted by Gasteiger charge is 2.17. The molecule has 0 rings (SSSR count). The smallest absolute Gasteiger partial charge is 0.376 e. The fourth-order valence-corrected chi connectivity index (χ4v) is 3.22. The van der Waals surface area contributed by atoms with Gasteiger partial charge in [-0.05, 0) is 27.2 Å². The summed E-state index contributed by atoms with van der Waals surface area (Å²) in [6.45, 7) is 9.28. The van der Waals surface area contributed by atoms with Crippen LogP contribution in [0.1, 0.15) is 91.9 Å². The maximum Gasteiger partial charge on any atom is 0.469 e. The quantitative estimate of drug-likeness (QED) is 0.186. The normalized spacial score (nSPS) is 15.4. The molecule has 0 spiro atoms. The first kappa shape index (κ1) is 29.0. The molecule has 2 N–H and O–H groups in total. The highest BCUT2D eigenvalue weighted by molar-refractivity contribution is 7.46. The molecular weight excluding hydrogens is 395 g/mol. The predicted octanol–water partition coefficient (Wildman–Crippen LogP) is 5.23. The molecule has 0 fully saturated rings. The van der Waals surface area contributed by atoms with E-state index in [1.54, 1.807) is 6.92 Å². The molecule has 3 unspecified atom stereocenters. The van der Waals surface area contributed by atoms with Crippen molar-refractivity contribution in [2.45, 2.75) is 110 Å². The Morgan fingerprint density at radius 2 is 1.07 bits per heavy atom. The first-order valence-corrected chi connectivity index (χ1v) is 12.8. The van der Waals surface area contributed by atoms with Crippen LogP contribution in [0.5, 0.6) is 0 Å². The number of hydrogen-bond acceptors (Lipinski definition) is 5. The third-order valence-electron chi connectivity index (χ3n) is 4.61. The van der Waals surface area contributed by atoms with Crippen LogP contribution in [0, 0.1) is 0 Å². The van der Waals surface area contributed by atoms with Gasteiger partial charge in [-0.15, -0.1) is 0 Å². The molecule has 3 atom stereocenters. The molecule has 29 heavy (non-hydrogen) atoms. The van der Waals surface area contributed by atoms with Crippen LogP contribution in [0.4, 0.5) is 0 Å². The van der Waals surface area contributed by atoms with Gasteiger partial charge >= 0.3 is 7.82 Å². The van der Waals surface area contributed by atoms with Crippen molar-refractivity contribution in [2.24, 2.45) is 0 Å². The molecule has 8 heteroatoms. The van der Waals surface area contributed by atoms with Gasteiger partial charge in [0.15, 0.2) is 0 Å².